The quantitative estimate of drug-likeness (QED) is 0.312. The molecule has 1 saturated carbocycles. The van der Waals surface area contributed by atoms with Crippen LogP contribution in [0, 0.1) is 29.1 Å². The lowest BCUT2D eigenvalue weighted by molar-refractivity contribution is -0.145. The van der Waals surface area contributed by atoms with E-state index in [4.69, 9.17) is 4.74 Å². The van der Waals surface area contributed by atoms with Crippen molar-refractivity contribution in [1.82, 2.24) is 10.3 Å². The van der Waals surface area contributed by atoms with Crippen LogP contribution in [0.15, 0.2) is 66.4 Å². The summed E-state index contributed by atoms with van der Waals surface area (Å²) in [6.07, 6.45) is 9.89. The highest BCUT2D eigenvalue weighted by atomic mass is 16.6. The highest BCUT2D eigenvalue weighted by Gasteiger charge is 2.78. The van der Waals surface area contributed by atoms with Crippen molar-refractivity contribution < 1.29 is 24.2 Å². The van der Waals surface area contributed by atoms with Gasteiger partial charge in [-0.25, -0.2) is 0 Å². The van der Waals surface area contributed by atoms with Crippen molar-refractivity contribution in [3.8, 4) is 0 Å². The predicted octanol–water partition coefficient (Wildman–Crippen LogP) is 3.83. The van der Waals surface area contributed by atoms with Gasteiger partial charge in [-0.2, -0.15) is 0 Å². The fourth-order valence-corrected chi connectivity index (χ4v) is 7.66. The van der Waals surface area contributed by atoms with Crippen LogP contribution in [0.25, 0.3) is 10.9 Å². The molecule has 1 unspecified atom stereocenters. The van der Waals surface area contributed by atoms with E-state index in [1.54, 1.807) is 6.92 Å². The van der Waals surface area contributed by atoms with E-state index in [1.165, 1.54) is 6.08 Å². The van der Waals surface area contributed by atoms with Gasteiger partial charge >= 0.3 is 0 Å². The Morgan fingerprint density at radius 1 is 1.13 bits per heavy atom. The lowest BCUT2D eigenvalue weighted by Crippen LogP contribution is -2.58. The van der Waals surface area contributed by atoms with Gasteiger partial charge in [0.1, 0.15) is 11.5 Å². The number of para-hydroxylation sites is 1. The molecule has 1 spiro atoms. The van der Waals surface area contributed by atoms with Gasteiger partial charge in [0, 0.05) is 35.0 Å². The minimum atomic E-state index is -1.41. The Bertz CT molecular complexity index is 1450. The van der Waals surface area contributed by atoms with Crippen LogP contribution in [0.4, 0.5) is 0 Å². The van der Waals surface area contributed by atoms with Crippen LogP contribution in [0.5, 0.6) is 0 Å². The van der Waals surface area contributed by atoms with Crippen LogP contribution >= 0.6 is 0 Å². The third-order valence-corrected chi connectivity index (χ3v) is 9.86. The molecule has 39 heavy (non-hydrogen) atoms. The number of amides is 1. The van der Waals surface area contributed by atoms with Crippen LogP contribution < -0.4 is 5.32 Å². The van der Waals surface area contributed by atoms with Gasteiger partial charge in [0.2, 0.25) is 5.91 Å². The highest BCUT2D eigenvalue weighted by Crippen LogP contribution is 2.66. The van der Waals surface area contributed by atoms with Gasteiger partial charge in [0.15, 0.2) is 11.6 Å². The van der Waals surface area contributed by atoms with Crippen LogP contribution in [0.2, 0.25) is 0 Å². The van der Waals surface area contributed by atoms with Gasteiger partial charge in [-0.15, -0.1) is 0 Å². The van der Waals surface area contributed by atoms with E-state index >= 15 is 0 Å². The van der Waals surface area contributed by atoms with Gasteiger partial charge in [-0.05, 0) is 67.9 Å². The molecule has 204 valence electrons. The number of epoxide rings is 1. The molecular weight excluding hydrogens is 492 g/mol. The molecule has 1 amide bonds. The normalized spacial score (nSPS) is 43.1. The summed E-state index contributed by atoms with van der Waals surface area (Å²) >= 11 is 0. The third-order valence-electron chi connectivity index (χ3n) is 9.86. The SMILES string of the molecule is C/C1=C\[C@@H](C)C/C=C/C2[C@@H]3O[C@]3(C)[C@@H](C)[C@H]3[C@H](Cc4c[nH]c5ccccc45)NC(=O)[C@@]23C(=O)/C=C\C(=O)[C@@H]1O. The number of carbonyl (C=O) groups is 3. The van der Waals surface area contributed by atoms with Crippen LogP contribution in [-0.4, -0.2) is 51.4 Å². The molecule has 0 radical (unpaired) electrons. The zero-order valence-corrected chi connectivity index (χ0v) is 22.8. The summed E-state index contributed by atoms with van der Waals surface area (Å²) in [5.74, 6) is -2.11. The number of ketones is 2. The van der Waals surface area contributed by atoms with E-state index in [0.717, 1.165) is 22.5 Å². The van der Waals surface area contributed by atoms with E-state index < -0.39 is 34.6 Å². The van der Waals surface area contributed by atoms with Gasteiger partial charge in [0.25, 0.3) is 0 Å². The first-order valence-corrected chi connectivity index (χ1v) is 13.9. The summed E-state index contributed by atoms with van der Waals surface area (Å²) in [6.45, 7) is 7.90. The van der Waals surface area contributed by atoms with Crippen molar-refractivity contribution in [2.24, 2.45) is 29.1 Å². The molecule has 2 aromatic rings. The van der Waals surface area contributed by atoms with E-state index in [1.807, 2.05) is 49.5 Å². The van der Waals surface area contributed by atoms with E-state index in [0.29, 0.717) is 18.4 Å². The summed E-state index contributed by atoms with van der Waals surface area (Å²) in [6, 6.07) is 7.77. The number of ether oxygens (including phenoxy) is 1. The number of allylic oxidation sites excluding steroid dienone is 3. The number of rotatable bonds is 2. The predicted molar refractivity (Wildman–Crippen MR) is 148 cm³/mol. The molecule has 1 aromatic heterocycles. The summed E-state index contributed by atoms with van der Waals surface area (Å²) in [5.41, 5.74) is 0.805. The summed E-state index contributed by atoms with van der Waals surface area (Å²) in [5, 5.41) is 14.9. The molecule has 6 rings (SSSR count). The van der Waals surface area contributed by atoms with Crippen LogP contribution in [0.3, 0.4) is 0 Å². The molecular formula is C32H36N2O5. The first-order valence-electron chi connectivity index (χ1n) is 13.9. The van der Waals surface area contributed by atoms with Crippen molar-refractivity contribution in [2.75, 3.05) is 0 Å². The molecule has 2 saturated heterocycles. The van der Waals surface area contributed by atoms with Gasteiger partial charge in [-0.3, -0.25) is 14.4 Å². The van der Waals surface area contributed by atoms with Gasteiger partial charge < -0.3 is 20.1 Å². The van der Waals surface area contributed by atoms with E-state index in [9.17, 15) is 19.5 Å². The number of aliphatic hydroxyl groups is 1. The van der Waals surface area contributed by atoms with Crippen molar-refractivity contribution in [3.05, 3.63) is 72.0 Å². The molecule has 2 aliphatic heterocycles. The second-order valence-electron chi connectivity index (χ2n) is 12.1. The van der Waals surface area contributed by atoms with E-state index in [2.05, 4.69) is 30.2 Å². The zero-order valence-electron chi connectivity index (χ0n) is 22.8. The monoisotopic (exact) mass is 528 g/mol. The maximum Gasteiger partial charge on any atom is 0.235 e. The number of aliphatic hydroxyl groups excluding tert-OH is 1. The first-order chi connectivity index (χ1) is 18.6. The van der Waals surface area contributed by atoms with Crippen LogP contribution in [0.1, 0.15) is 39.7 Å². The number of aromatic nitrogens is 1. The molecule has 9 atom stereocenters. The molecule has 3 N–H and O–H groups in total. The molecule has 3 fully saturated rings. The second kappa shape index (κ2) is 9.14. The Labute approximate surface area is 228 Å². The highest BCUT2D eigenvalue weighted by molar-refractivity contribution is 6.15. The lowest BCUT2D eigenvalue weighted by atomic mass is 9.51. The maximum absolute atomic E-state index is 14.2. The molecule has 7 heteroatoms. The Hall–Kier alpha value is -3.29. The van der Waals surface area contributed by atoms with Crippen molar-refractivity contribution in [2.45, 2.75) is 64.4 Å². The maximum atomic E-state index is 14.2. The number of H-pyrrole nitrogens is 1. The number of hydrogen-bond donors (Lipinski definition) is 3. The number of nitrogens with one attached hydrogen (secondary N) is 2. The molecule has 3 heterocycles. The number of benzene rings is 1. The van der Waals surface area contributed by atoms with Crippen molar-refractivity contribution >= 4 is 28.4 Å². The smallest absolute Gasteiger partial charge is 0.235 e. The molecule has 7 nitrogen and oxygen atoms in total. The minimum Gasteiger partial charge on any atom is -0.381 e. The Morgan fingerprint density at radius 3 is 2.69 bits per heavy atom. The van der Waals surface area contributed by atoms with Gasteiger partial charge in [0.05, 0.1) is 11.7 Å². The van der Waals surface area contributed by atoms with Gasteiger partial charge in [-0.1, -0.05) is 50.3 Å². The zero-order chi connectivity index (χ0) is 27.7. The largest absolute Gasteiger partial charge is 0.381 e. The molecule has 4 aliphatic rings. The molecule has 2 aliphatic carbocycles. The Balaban J connectivity index is 1.46. The second-order valence-corrected chi connectivity index (χ2v) is 12.1. The average Bonchev–Trinajstić information content (AvgIpc) is 3.31. The number of fused-ring (bicyclic) bond motifs is 3. The summed E-state index contributed by atoms with van der Waals surface area (Å²) in [4.78, 5) is 44.5. The Kier molecular flexibility index (Phi) is 6.08. The molecule has 0 bridgehead atoms. The van der Waals surface area contributed by atoms with E-state index in [-0.39, 0.29) is 35.8 Å². The minimum absolute atomic E-state index is 0.0666. The lowest BCUT2D eigenvalue weighted by Gasteiger charge is -2.45. The number of hydrogen-bond acceptors (Lipinski definition) is 5. The average molecular weight is 529 g/mol. The summed E-state index contributed by atoms with van der Waals surface area (Å²) < 4.78 is 6.33. The number of carbonyl (C=O) groups excluding carboxylic acids is 3. The van der Waals surface area contributed by atoms with Crippen LogP contribution in [-0.2, 0) is 25.5 Å². The summed E-state index contributed by atoms with van der Waals surface area (Å²) in [7, 11) is 0. The molecule has 1 aromatic carbocycles. The standard InChI is InChI=1S/C32H36N2O5/c1-17-8-7-10-22-29-31(4,39-29)19(3)27-24(15-20-16-33-23-11-6-5-9-21(20)23)34-30(38)32(22,27)26(36)13-12-25(35)28(37)18(2)14-17/h5-7,9-14,16-17,19,22,24,27-29,33,37H,8,15H2,1-4H3,(H,34,38)/b10-7+,13-12-,18-14+/t17-,19-,22?,24-,27-,28+,29-,31+,32+/m0/s1. The first kappa shape index (κ1) is 26.0. The topological polar surface area (TPSA) is 112 Å². The fourth-order valence-electron chi connectivity index (χ4n) is 7.66. The number of aromatic amines is 1. The van der Waals surface area contributed by atoms with Crippen molar-refractivity contribution in [1.29, 1.82) is 0 Å². The fraction of sp³-hybridized carbons (Fsp3) is 0.469. The Morgan fingerprint density at radius 2 is 1.90 bits per heavy atom. The third kappa shape index (κ3) is 3.81. The van der Waals surface area contributed by atoms with Crippen molar-refractivity contribution in [3.63, 3.8) is 0 Å².